The zero-order valence-corrected chi connectivity index (χ0v) is 11.1. The van der Waals surface area contributed by atoms with Crippen LogP contribution < -0.4 is 15.8 Å². The van der Waals surface area contributed by atoms with Crippen LogP contribution in [0.4, 0.5) is 5.69 Å². The van der Waals surface area contributed by atoms with Crippen LogP contribution in [0.15, 0.2) is 24.3 Å². The molecule has 18 heavy (non-hydrogen) atoms. The Balaban J connectivity index is 2.58. The Bertz CT molecular complexity index is 380. The van der Waals surface area contributed by atoms with Crippen molar-refractivity contribution >= 4 is 11.6 Å². The third kappa shape index (κ3) is 4.75. The van der Waals surface area contributed by atoms with Gasteiger partial charge in [0.05, 0.1) is 6.61 Å². The minimum Gasteiger partial charge on any atom is -0.494 e. The van der Waals surface area contributed by atoms with Crippen molar-refractivity contribution in [3.8, 4) is 5.75 Å². The number of carbonyl (C=O) groups is 1. The van der Waals surface area contributed by atoms with E-state index in [0.29, 0.717) is 19.6 Å². The third-order valence-electron chi connectivity index (χ3n) is 2.62. The number of nitrogens with one attached hydrogen (secondary N) is 1. The van der Waals surface area contributed by atoms with Gasteiger partial charge in [0.2, 0.25) is 5.91 Å². The standard InChI is InChI=1S/C14H22N2O2/c1-3-9-18-13-6-4-5-12(10-13)16-14(17)11(2)7-8-15/h4-6,10-11H,3,7-9,15H2,1-2H3,(H,16,17). The van der Waals surface area contributed by atoms with Crippen LogP contribution in [-0.4, -0.2) is 19.1 Å². The van der Waals surface area contributed by atoms with Crippen LogP contribution in [0.1, 0.15) is 26.7 Å². The van der Waals surface area contributed by atoms with E-state index in [4.69, 9.17) is 10.5 Å². The number of ether oxygens (including phenoxy) is 1. The lowest BCUT2D eigenvalue weighted by Crippen LogP contribution is -2.22. The molecule has 0 fully saturated rings. The fourth-order valence-electron chi connectivity index (χ4n) is 1.53. The molecule has 0 aliphatic heterocycles. The highest BCUT2D eigenvalue weighted by atomic mass is 16.5. The second-order valence-corrected chi connectivity index (χ2v) is 4.34. The average Bonchev–Trinajstić information content (AvgIpc) is 2.37. The van der Waals surface area contributed by atoms with Gasteiger partial charge in [0.1, 0.15) is 5.75 Å². The smallest absolute Gasteiger partial charge is 0.227 e. The quantitative estimate of drug-likeness (QED) is 0.781. The lowest BCUT2D eigenvalue weighted by atomic mass is 10.1. The maximum absolute atomic E-state index is 11.8. The lowest BCUT2D eigenvalue weighted by molar-refractivity contribution is -0.119. The van der Waals surface area contributed by atoms with Crippen molar-refractivity contribution < 1.29 is 9.53 Å². The molecule has 1 aromatic carbocycles. The van der Waals surface area contributed by atoms with Gasteiger partial charge in [-0.05, 0) is 31.5 Å². The molecule has 0 bridgehead atoms. The van der Waals surface area contributed by atoms with E-state index in [2.05, 4.69) is 12.2 Å². The summed E-state index contributed by atoms with van der Waals surface area (Å²) in [6.07, 6.45) is 1.65. The Morgan fingerprint density at radius 1 is 1.50 bits per heavy atom. The maximum Gasteiger partial charge on any atom is 0.227 e. The predicted molar refractivity (Wildman–Crippen MR) is 73.7 cm³/mol. The number of rotatable bonds is 7. The van der Waals surface area contributed by atoms with Crippen molar-refractivity contribution in [2.75, 3.05) is 18.5 Å². The van der Waals surface area contributed by atoms with Gasteiger partial charge in [-0.2, -0.15) is 0 Å². The van der Waals surface area contributed by atoms with Crippen LogP contribution in [0.3, 0.4) is 0 Å². The van der Waals surface area contributed by atoms with Crippen LogP contribution in [0.25, 0.3) is 0 Å². The molecule has 1 amide bonds. The van der Waals surface area contributed by atoms with Crippen molar-refractivity contribution in [2.45, 2.75) is 26.7 Å². The van der Waals surface area contributed by atoms with E-state index in [1.165, 1.54) is 0 Å². The van der Waals surface area contributed by atoms with Crippen molar-refractivity contribution in [2.24, 2.45) is 11.7 Å². The summed E-state index contributed by atoms with van der Waals surface area (Å²) in [5.41, 5.74) is 6.20. The van der Waals surface area contributed by atoms with E-state index in [9.17, 15) is 4.79 Å². The Labute approximate surface area is 109 Å². The highest BCUT2D eigenvalue weighted by Gasteiger charge is 2.11. The number of hydrogen-bond donors (Lipinski definition) is 2. The van der Waals surface area contributed by atoms with Gasteiger partial charge in [0, 0.05) is 17.7 Å². The number of benzene rings is 1. The lowest BCUT2D eigenvalue weighted by Gasteiger charge is -2.12. The summed E-state index contributed by atoms with van der Waals surface area (Å²) in [7, 11) is 0. The molecule has 0 saturated carbocycles. The Morgan fingerprint density at radius 2 is 2.28 bits per heavy atom. The van der Waals surface area contributed by atoms with Gasteiger partial charge in [0.15, 0.2) is 0 Å². The number of anilines is 1. The molecule has 1 aromatic rings. The summed E-state index contributed by atoms with van der Waals surface area (Å²) in [4.78, 5) is 11.8. The second kappa shape index (κ2) is 7.71. The van der Waals surface area contributed by atoms with Gasteiger partial charge in [-0.3, -0.25) is 4.79 Å². The molecule has 0 aromatic heterocycles. The summed E-state index contributed by atoms with van der Waals surface area (Å²) in [6, 6.07) is 7.44. The first-order valence-electron chi connectivity index (χ1n) is 6.41. The summed E-state index contributed by atoms with van der Waals surface area (Å²) < 4.78 is 5.51. The van der Waals surface area contributed by atoms with Gasteiger partial charge < -0.3 is 15.8 Å². The zero-order chi connectivity index (χ0) is 13.4. The zero-order valence-electron chi connectivity index (χ0n) is 11.1. The summed E-state index contributed by atoms with van der Waals surface area (Å²) in [6.45, 7) is 5.13. The molecular formula is C14H22N2O2. The van der Waals surface area contributed by atoms with E-state index in [-0.39, 0.29) is 11.8 Å². The van der Waals surface area contributed by atoms with Crippen LogP contribution in [0.2, 0.25) is 0 Å². The SMILES string of the molecule is CCCOc1cccc(NC(=O)C(C)CCN)c1. The minimum atomic E-state index is -0.0739. The van der Waals surface area contributed by atoms with E-state index in [0.717, 1.165) is 17.9 Å². The normalized spacial score (nSPS) is 11.9. The van der Waals surface area contributed by atoms with Crippen molar-refractivity contribution in [3.05, 3.63) is 24.3 Å². The fourth-order valence-corrected chi connectivity index (χ4v) is 1.53. The molecule has 4 nitrogen and oxygen atoms in total. The first-order chi connectivity index (χ1) is 8.67. The molecule has 1 unspecified atom stereocenters. The fraction of sp³-hybridized carbons (Fsp3) is 0.500. The van der Waals surface area contributed by atoms with Gasteiger partial charge in [0.25, 0.3) is 0 Å². The molecule has 100 valence electrons. The first-order valence-corrected chi connectivity index (χ1v) is 6.41. The summed E-state index contributed by atoms with van der Waals surface area (Å²) in [5, 5.41) is 2.87. The second-order valence-electron chi connectivity index (χ2n) is 4.34. The van der Waals surface area contributed by atoms with Crippen molar-refractivity contribution in [3.63, 3.8) is 0 Å². The van der Waals surface area contributed by atoms with E-state index >= 15 is 0 Å². The molecule has 1 atom stereocenters. The van der Waals surface area contributed by atoms with E-state index in [1.54, 1.807) is 0 Å². The number of hydrogen-bond acceptors (Lipinski definition) is 3. The molecule has 1 rings (SSSR count). The topological polar surface area (TPSA) is 64.3 Å². The minimum absolute atomic E-state index is 0.00640. The first kappa shape index (κ1) is 14.5. The number of carbonyl (C=O) groups excluding carboxylic acids is 1. The molecule has 0 heterocycles. The highest BCUT2D eigenvalue weighted by molar-refractivity contribution is 5.92. The van der Waals surface area contributed by atoms with E-state index < -0.39 is 0 Å². The van der Waals surface area contributed by atoms with Gasteiger partial charge >= 0.3 is 0 Å². The molecule has 0 aliphatic rings. The molecule has 4 heteroatoms. The largest absolute Gasteiger partial charge is 0.494 e. The molecular weight excluding hydrogens is 228 g/mol. The van der Waals surface area contributed by atoms with Gasteiger partial charge in [-0.25, -0.2) is 0 Å². The van der Waals surface area contributed by atoms with E-state index in [1.807, 2.05) is 31.2 Å². The predicted octanol–water partition coefficient (Wildman–Crippen LogP) is 2.40. The number of amides is 1. The van der Waals surface area contributed by atoms with Crippen molar-refractivity contribution in [1.82, 2.24) is 0 Å². The Hall–Kier alpha value is -1.55. The number of nitrogens with two attached hydrogens (primary N) is 1. The van der Waals surface area contributed by atoms with Crippen LogP contribution in [-0.2, 0) is 4.79 Å². The van der Waals surface area contributed by atoms with Crippen LogP contribution in [0.5, 0.6) is 5.75 Å². The average molecular weight is 250 g/mol. The molecule has 0 aliphatic carbocycles. The van der Waals surface area contributed by atoms with Gasteiger partial charge in [-0.15, -0.1) is 0 Å². The molecule has 0 saturated heterocycles. The van der Waals surface area contributed by atoms with Gasteiger partial charge in [-0.1, -0.05) is 19.9 Å². The third-order valence-corrected chi connectivity index (χ3v) is 2.62. The molecule has 0 radical (unpaired) electrons. The Morgan fingerprint density at radius 3 is 2.94 bits per heavy atom. The maximum atomic E-state index is 11.8. The van der Waals surface area contributed by atoms with Crippen LogP contribution >= 0.6 is 0 Å². The molecule has 3 N–H and O–H groups in total. The Kier molecular flexibility index (Phi) is 6.22. The van der Waals surface area contributed by atoms with Crippen molar-refractivity contribution in [1.29, 1.82) is 0 Å². The summed E-state index contributed by atoms with van der Waals surface area (Å²) in [5.74, 6) is 0.699. The summed E-state index contributed by atoms with van der Waals surface area (Å²) >= 11 is 0. The highest BCUT2D eigenvalue weighted by Crippen LogP contribution is 2.18. The monoisotopic (exact) mass is 250 g/mol. The molecule has 0 spiro atoms. The van der Waals surface area contributed by atoms with Crippen LogP contribution in [0, 0.1) is 5.92 Å².